The quantitative estimate of drug-likeness (QED) is 0.252. The Morgan fingerprint density at radius 2 is 2.10 bits per heavy atom. The molecule has 0 amide bonds. The van der Waals surface area contributed by atoms with Crippen LogP contribution < -0.4 is 11.1 Å². The number of aryl methyl sites for hydroxylation is 1. The zero-order valence-corrected chi connectivity index (χ0v) is 11.4. The highest BCUT2D eigenvalue weighted by Crippen LogP contribution is 2.22. The number of fused-ring (bicyclic) bond motifs is 1. The summed E-state index contributed by atoms with van der Waals surface area (Å²) in [6.07, 6.45) is 1.17. The summed E-state index contributed by atoms with van der Waals surface area (Å²) < 4.78 is 5.69. The Bertz CT molecular complexity index is 797. The second-order valence-electron chi connectivity index (χ2n) is 3.70. The van der Waals surface area contributed by atoms with Crippen molar-refractivity contribution in [2.75, 3.05) is 12.9 Å². The number of ether oxygens (including phenoxy) is 1. The first-order chi connectivity index (χ1) is 9.47. The van der Waals surface area contributed by atoms with Gasteiger partial charge in [-0.15, -0.1) is 4.73 Å². The average molecular weight is 298 g/mol. The van der Waals surface area contributed by atoms with E-state index in [2.05, 4.69) is 14.7 Å². The van der Waals surface area contributed by atoms with Gasteiger partial charge in [0.1, 0.15) is 11.4 Å². The second-order valence-corrected chi connectivity index (χ2v) is 4.66. The van der Waals surface area contributed by atoms with Crippen LogP contribution in [0.1, 0.15) is 0 Å². The van der Waals surface area contributed by atoms with Gasteiger partial charge < -0.3 is 9.94 Å². The summed E-state index contributed by atoms with van der Waals surface area (Å²) in [6, 6.07) is 0. The summed E-state index contributed by atoms with van der Waals surface area (Å²) in [5, 5.41) is 9.94. The van der Waals surface area contributed by atoms with E-state index in [1.807, 2.05) is 0 Å². The van der Waals surface area contributed by atoms with E-state index in [0.29, 0.717) is 0 Å². The molecule has 2 rings (SSSR count). The minimum Gasteiger partial charge on any atom is -0.468 e. The van der Waals surface area contributed by atoms with Gasteiger partial charge in [-0.2, -0.15) is 0 Å². The molecule has 0 aliphatic rings. The predicted molar refractivity (Wildman–Crippen MR) is 69.0 cm³/mol. The Labute approximate surface area is 115 Å². The molecule has 0 saturated heterocycles. The molecule has 0 aliphatic heterocycles. The third kappa shape index (κ3) is 2.25. The Morgan fingerprint density at radius 1 is 1.40 bits per heavy atom. The minimum absolute atomic E-state index is 0.0338. The zero-order chi connectivity index (χ0) is 14.9. The van der Waals surface area contributed by atoms with Crippen LogP contribution in [-0.2, 0) is 16.6 Å². The summed E-state index contributed by atoms with van der Waals surface area (Å²) in [5.41, 5.74) is -1.98. The molecular weight excluding hydrogens is 288 g/mol. The Kier molecular flexibility index (Phi) is 3.74. The maximum absolute atomic E-state index is 11.6. The number of aromatic nitrogens is 4. The maximum atomic E-state index is 11.6. The standard InChI is InChI=1S/C10H10N4O5S/c1-13-7-6(14(18)10(17)9(13)16)8(12-4-11-7)20-3-5(15)19-2/h4,18H,3H2,1-2H3. The summed E-state index contributed by atoms with van der Waals surface area (Å²) in [4.78, 5) is 42.0. The summed E-state index contributed by atoms with van der Waals surface area (Å²) in [6.45, 7) is 0. The van der Waals surface area contributed by atoms with Crippen LogP contribution in [0.4, 0.5) is 0 Å². The van der Waals surface area contributed by atoms with Gasteiger partial charge in [-0.25, -0.2) is 9.97 Å². The van der Waals surface area contributed by atoms with Crippen molar-refractivity contribution in [2.45, 2.75) is 5.03 Å². The van der Waals surface area contributed by atoms with E-state index in [0.717, 1.165) is 16.3 Å². The fraction of sp³-hybridized carbons (Fsp3) is 0.300. The molecule has 0 atom stereocenters. The van der Waals surface area contributed by atoms with Crippen molar-refractivity contribution in [2.24, 2.45) is 7.05 Å². The van der Waals surface area contributed by atoms with E-state index >= 15 is 0 Å². The fourth-order valence-corrected chi connectivity index (χ4v) is 2.32. The van der Waals surface area contributed by atoms with Crippen LogP contribution in [0.15, 0.2) is 20.9 Å². The number of carbonyl (C=O) groups is 1. The van der Waals surface area contributed by atoms with E-state index in [4.69, 9.17) is 0 Å². The molecule has 9 nitrogen and oxygen atoms in total. The molecule has 0 aliphatic carbocycles. The number of carbonyl (C=O) groups excluding carboxylic acids is 1. The minimum atomic E-state index is -1.12. The molecule has 0 bridgehead atoms. The third-order valence-electron chi connectivity index (χ3n) is 2.53. The Balaban J connectivity index is 2.66. The first-order valence-electron chi connectivity index (χ1n) is 5.33. The van der Waals surface area contributed by atoms with Gasteiger partial charge in [0.2, 0.25) is 0 Å². The number of hydrogen-bond donors (Lipinski definition) is 1. The first kappa shape index (κ1) is 14.1. The van der Waals surface area contributed by atoms with Gasteiger partial charge in [-0.3, -0.25) is 19.0 Å². The molecule has 10 heteroatoms. The maximum Gasteiger partial charge on any atom is 0.349 e. The van der Waals surface area contributed by atoms with Gasteiger partial charge in [0.25, 0.3) is 0 Å². The van der Waals surface area contributed by atoms with Gasteiger partial charge in [-0.1, -0.05) is 11.8 Å². The Hall–Kier alpha value is -2.36. The lowest BCUT2D eigenvalue weighted by molar-refractivity contribution is -0.137. The monoisotopic (exact) mass is 298 g/mol. The third-order valence-corrected chi connectivity index (χ3v) is 3.49. The number of hydrogen-bond acceptors (Lipinski definition) is 8. The number of methoxy groups -OCH3 is 1. The van der Waals surface area contributed by atoms with Crippen molar-refractivity contribution in [3.8, 4) is 0 Å². The lowest BCUT2D eigenvalue weighted by atomic mass is 10.5. The van der Waals surface area contributed by atoms with E-state index < -0.39 is 17.1 Å². The lowest BCUT2D eigenvalue weighted by Gasteiger charge is -2.09. The molecule has 0 saturated carbocycles. The highest BCUT2D eigenvalue weighted by atomic mass is 32.2. The van der Waals surface area contributed by atoms with Crippen LogP contribution in [-0.4, -0.2) is 43.3 Å². The number of nitrogens with zero attached hydrogens (tertiary/aromatic N) is 4. The van der Waals surface area contributed by atoms with Crippen LogP contribution in [0.3, 0.4) is 0 Å². The molecule has 1 N–H and O–H groups in total. The van der Waals surface area contributed by atoms with Gasteiger partial charge in [0.05, 0.1) is 12.9 Å². The van der Waals surface area contributed by atoms with E-state index in [9.17, 15) is 19.6 Å². The van der Waals surface area contributed by atoms with Crippen molar-refractivity contribution < 1.29 is 14.7 Å². The summed E-state index contributed by atoms with van der Waals surface area (Å²) in [7, 11) is 2.60. The molecule has 0 spiro atoms. The second kappa shape index (κ2) is 5.33. The van der Waals surface area contributed by atoms with Gasteiger partial charge in [-0.05, 0) is 0 Å². The molecule has 2 aromatic rings. The summed E-state index contributed by atoms with van der Waals surface area (Å²) in [5.74, 6) is -0.543. The van der Waals surface area contributed by atoms with E-state index in [-0.39, 0.29) is 26.7 Å². The van der Waals surface area contributed by atoms with Crippen molar-refractivity contribution in [1.29, 1.82) is 0 Å². The Morgan fingerprint density at radius 3 is 2.75 bits per heavy atom. The van der Waals surface area contributed by atoms with Crippen molar-refractivity contribution >= 4 is 28.9 Å². The first-order valence-corrected chi connectivity index (χ1v) is 6.31. The predicted octanol–water partition coefficient (Wildman–Crippen LogP) is -1.01. The molecule has 0 radical (unpaired) electrons. The molecule has 0 fully saturated rings. The number of esters is 1. The smallest absolute Gasteiger partial charge is 0.349 e. The molecule has 2 heterocycles. The molecule has 2 aromatic heterocycles. The van der Waals surface area contributed by atoms with Crippen LogP contribution >= 0.6 is 11.8 Å². The van der Waals surface area contributed by atoms with Crippen molar-refractivity contribution in [1.82, 2.24) is 19.3 Å². The number of thioether (sulfide) groups is 1. The fourth-order valence-electron chi connectivity index (χ4n) is 1.51. The highest BCUT2D eigenvalue weighted by molar-refractivity contribution is 8.00. The highest BCUT2D eigenvalue weighted by Gasteiger charge is 2.17. The number of rotatable bonds is 3. The van der Waals surface area contributed by atoms with Gasteiger partial charge >= 0.3 is 17.1 Å². The normalized spacial score (nSPS) is 10.7. The van der Waals surface area contributed by atoms with Crippen LogP contribution in [0.5, 0.6) is 0 Å². The SMILES string of the molecule is COC(=O)CSc1ncnc2c1n(O)c(=O)c(=O)n2C. The van der Waals surface area contributed by atoms with Crippen molar-refractivity contribution in [3.63, 3.8) is 0 Å². The largest absolute Gasteiger partial charge is 0.468 e. The molecule has 0 unspecified atom stereocenters. The molecule has 20 heavy (non-hydrogen) atoms. The van der Waals surface area contributed by atoms with Crippen LogP contribution in [0.25, 0.3) is 11.2 Å². The van der Waals surface area contributed by atoms with Gasteiger partial charge in [0, 0.05) is 7.05 Å². The average Bonchev–Trinajstić information content (AvgIpc) is 2.47. The van der Waals surface area contributed by atoms with Crippen LogP contribution in [0, 0.1) is 0 Å². The topological polar surface area (TPSA) is 116 Å². The summed E-state index contributed by atoms with van der Waals surface area (Å²) >= 11 is 0.959. The van der Waals surface area contributed by atoms with Crippen LogP contribution in [0.2, 0.25) is 0 Å². The zero-order valence-electron chi connectivity index (χ0n) is 10.6. The van der Waals surface area contributed by atoms with Crippen molar-refractivity contribution in [3.05, 3.63) is 27.0 Å². The molecule has 106 valence electrons. The van der Waals surface area contributed by atoms with Gasteiger partial charge in [0.15, 0.2) is 11.2 Å². The lowest BCUT2D eigenvalue weighted by Crippen LogP contribution is -2.40. The van der Waals surface area contributed by atoms with E-state index in [1.165, 1.54) is 20.5 Å². The van der Waals surface area contributed by atoms with E-state index in [1.54, 1.807) is 0 Å². The molecular formula is C10H10N4O5S. The molecule has 0 aromatic carbocycles.